The number of nitrogens with one attached hydrogen (secondary N) is 1. The molecule has 2 fully saturated rings. The fourth-order valence-corrected chi connectivity index (χ4v) is 9.31. The van der Waals surface area contributed by atoms with Crippen molar-refractivity contribution in [1.29, 1.82) is 0 Å². The number of alkyl halides is 2. The molecule has 4 aliphatic rings. The molecule has 0 aliphatic carbocycles. The van der Waals surface area contributed by atoms with Gasteiger partial charge in [0.2, 0.25) is 11.8 Å². The standard InChI is InChI=1S/C38H35Cl2N3O6/c1-21(44)48-31-15-29-33(27-9-5-3-7-25(27)31)23(17-39)19-42(29)35(46)37-11-13-38(41-37,14-12-37)36(47)43-20-24(18-40)34-28-10-6-4-8-26(28)32(16-30(34)43)49-22(2)45/h3-10,15-16,23-24,41H,11-14,17-20H2,1-2H3/t23-,24-,37?,38?/m1/s1. The van der Waals surface area contributed by atoms with E-state index in [0.29, 0.717) is 73.4 Å². The summed E-state index contributed by atoms with van der Waals surface area (Å²) in [6.07, 6.45) is 1.98. The highest BCUT2D eigenvalue weighted by Crippen LogP contribution is 2.53. The van der Waals surface area contributed by atoms with Crippen LogP contribution in [0, 0.1) is 0 Å². The minimum atomic E-state index is -0.942. The van der Waals surface area contributed by atoms with Gasteiger partial charge in [0.25, 0.3) is 0 Å². The van der Waals surface area contributed by atoms with Gasteiger partial charge in [-0.3, -0.25) is 24.5 Å². The summed E-state index contributed by atoms with van der Waals surface area (Å²) in [5.74, 6) is 0.0791. The first-order valence-electron chi connectivity index (χ1n) is 16.6. The lowest BCUT2D eigenvalue weighted by Crippen LogP contribution is -2.58. The summed E-state index contributed by atoms with van der Waals surface area (Å²) < 4.78 is 11.3. The van der Waals surface area contributed by atoms with E-state index in [-0.39, 0.29) is 23.7 Å². The van der Waals surface area contributed by atoms with Crippen LogP contribution in [0.15, 0.2) is 60.7 Å². The second-order valence-corrected chi connectivity index (χ2v) is 14.3. The first-order chi connectivity index (χ1) is 23.6. The van der Waals surface area contributed by atoms with E-state index >= 15 is 0 Å². The Kier molecular flexibility index (Phi) is 7.66. The van der Waals surface area contributed by atoms with Crippen LogP contribution in [0.25, 0.3) is 21.5 Å². The summed E-state index contributed by atoms with van der Waals surface area (Å²) >= 11 is 13.0. The van der Waals surface area contributed by atoms with Gasteiger partial charge in [0.05, 0.1) is 22.5 Å². The van der Waals surface area contributed by atoms with Gasteiger partial charge in [-0.2, -0.15) is 0 Å². The summed E-state index contributed by atoms with van der Waals surface area (Å²) in [7, 11) is 0. The molecule has 0 aromatic heterocycles. The lowest BCUT2D eigenvalue weighted by Gasteiger charge is -2.31. The molecular weight excluding hydrogens is 665 g/mol. The highest BCUT2D eigenvalue weighted by molar-refractivity contribution is 6.20. The Morgan fingerprint density at radius 2 is 1.04 bits per heavy atom. The number of carbonyl (C=O) groups is 4. The van der Waals surface area contributed by atoms with Gasteiger partial charge >= 0.3 is 11.9 Å². The molecule has 9 nitrogen and oxygen atoms in total. The molecule has 0 unspecified atom stereocenters. The molecule has 0 saturated carbocycles. The normalized spacial score (nSPS) is 25.1. The molecule has 11 heteroatoms. The third-order valence-corrected chi connectivity index (χ3v) is 11.6. The Labute approximate surface area is 293 Å². The molecule has 4 aromatic carbocycles. The molecule has 1 N–H and O–H groups in total. The summed E-state index contributed by atoms with van der Waals surface area (Å²) in [5.41, 5.74) is 1.40. The number of ether oxygens (including phenoxy) is 2. The number of rotatable bonds is 6. The molecule has 4 aromatic rings. The number of nitrogens with zero attached hydrogens (tertiary/aromatic N) is 2. The molecule has 2 saturated heterocycles. The van der Waals surface area contributed by atoms with Gasteiger partial charge in [-0.1, -0.05) is 48.5 Å². The number of amides is 2. The van der Waals surface area contributed by atoms with Crippen molar-refractivity contribution < 1.29 is 28.7 Å². The topological polar surface area (TPSA) is 105 Å². The molecule has 4 aliphatic heterocycles. The van der Waals surface area contributed by atoms with E-state index in [4.69, 9.17) is 32.7 Å². The number of halogens is 2. The van der Waals surface area contributed by atoms with Gasteiger partial charge in [0, 0.05) is 73.4 Å². The average Bonchev–Trinajstić information content (AvgIpc) is 3.87. The second-order valence-electron chi connectivity index (χ2n) is 13.7. The number of esters is 2. The van der Waals surface area contributed by atoms with Crippen LogP contribution < -0.4 is 24.6 Å². The number of hydrogen-bond donors (Lipinski definition) is 1. The van der Waals surface area contributed by atoms with Gasteiger partial charge < -0.3 is 19.3 Å². The molecule has 2 atom stereocenters. The summed E-state index contributed by atoms with van der Waals surface area (Å²) in [5, 5.41) is 6.95. The van der Waals surface area contributed by atoms with Gasteiger partial charge in [0.15, 0.2) is 0 Å². The van der Waals surface area contributed by atoms with Crippen molar-refractivity contribution in [3.05, 3.63) is 71.8 Å². The van der Waals surface area contributed by atoms with Gasteiger partial charge in [-0.15, -0.1) is 23.2 Å². The maximum absolute atomic E-state index is 14.7. The number of benzene rings is 4. The lowest BCUT2D eigenvalue weighted by molar-refractivity contribution is -0.132. The van der Waals surface area contributed by atoms with E-state index in [9.17, 15) is 19.2 Å². The van der Waals surface area contributed by atoms with Crippen molar-refractivity contribution in [1.82, 2.24) is 5.32 Å². The van der Waals surface area contributed by atoms with Crippen molar-refractivity contribution >= 4 is 79.9 Å². The molecule has 0 radical (unpaired) electrons. The van der Waals surface area contributed by atoms with E-state index in [1.807, 2.05) is 48.5 Å². The highest BCUT2D eigenvalue weighted by Gasteiger charge is 2.63. The first-order valence-corrected chi connectivity index (χ1v) is 17.7. The Morgan fingerprint density at radius 3 is 1.39 bits per heavy atom. The predicted molar refractivity (Wildman–Crippen MR) is 189 cm³/mol. The predicted octanol–water partition coefficient (Wildman–Crippen LogP) is 6.54. The maximum Gasteiger partial charge on any atom is 0.308 e. The molecule has 252 valence electrons. The van der Waals surface area contributed by atoms with Crippen LogP contribution in [-0.2, 0) is 19.2 Å². The van der Waals surface area contributed by atoms with Gasteiger partial charge in [-0.05, 0) is 47.6 Å². The highest BCUT2D eigenvalue weighted by atomic mass is 35.5. The van der Waals surface area contributed by atoms with Crippen LogP contribution >= 0.6 is 23.2 Å². The zero-order valence-corrected chi connectivity index (χ0v) is 28.7. The van der Waals surface area contributed by atoms with E-state index in [2.05, 4.69) is 5.32 Å². The quantitative estimate of drug-likeness (QED) is 0.139. The molecule has 2 amide bonds. The zero-order valence-electron chi connectivity index (χ0n) is 27.2. The third kappa shape index (κ3) is 4.84. The fourth-order valence-electron chi connectivity index (χ4n) is 8.80. The van der Waals surface area contributed by atoms with E-state index in [0.717, 1.165) is 32.7 Å². The number of fused-ring (bicyclic) bond motifs is 8. The molecule has 8 rings (SSSR count). The minimum absolute atomic E-state index is 0.110. The van der Waals surface area contributed by atoms with Crippen LogP contribution in [-0.4, -0.2) is 59.7 Å². The van der Waals surface area contributed by atoms with Crippen LogP contribution in [0.3, 0.4) is 0 Å². The van der Waals surface area contributed by atoms with Crippen LogP contribution in [0.4, 0.5) is 11.4 Å². The number of carbonyl (C=O) groups excluding carboxylic acids is 4. The molecule has 2 bridgehead atoms. The molecule has 4 heterocycles. The van der Waals surface area contributed by atoms with Crippen molar-refractivity contribution in [2.24, 2.45) is 0 Å². The largest absolute Gasteiger partial charge is 0.426 e. The van der Waals surface area contributed by atoms with Crippen molar-refractivity contribution in [2.75, 3.05) is 34.6 Å². The van der Waals surface area contributed by atoms with Crippen molar-refractivity contribution in [3.8, 4) is 11.5 Å². The van der Waals surface area contributed by atoms with E-state index in [1.54, 1.807) is 21.9 Å². The Morgan fingerprint density at radius 1 is 0.673 bits per heavy atom. The van der Waals surface area contributed by atoms with Crippen molar-refractivity contribution in [3.63, 3.8) is 0 Å². The maximum atomic E-state index is 14.7. The van der Waals surface area contributed by atoms with E-state index in [1.165, 1.54) is 13.8 Å². The van der Waals surface area contributed by atoms with Crippen LogP contribution in [0.1, 0.15) is 62.5 Å². The lowest BCUT2D eigenvalue weighted by atomic mass is 9.80. The van der Waals surface area contributed by atoms with Crippen LogP contribution in [0.2, 0.25) is 0 Å². The van der Waals surface area contributed by atoms with Gasteiger partial charge in [0.1, 0.15) is 11.5 Å². The molecular formula is C38H35Cl2N3O6. The zero-order chi connectivity index (χ0) is 34.2. The fraction of sp³-hybridized carbons (Fsp3) is 0.368. The summed E-state index contributed by atoms with van der Waals surface area (Å²) in [6.45, 7) is 3.49. The van der Waals surface area contributed by atoms with Gasteiger partial charge in [-0.25, -0.2) is 0 Å². The molecule has 49 heavy (non-hydrogen) atoms. The van der Waals surface area contributed by atoms with Crippen LogP contribution in [0.5, 0.6) is 11.5 Å². The second kappa shape index (κ2) is 11.7. The Bertz CT molecular complexity index is 1940. The number of anilines is 2. The summed E-state index contributed by atoms with van der Waals surface area (Å²) in [4.78, 5) is 57.1. The average molecular weight is 701 g/mol. The minimum Gasteiger partial charge on any atom is -0.426 e. The summed E-state index contributed by atoms with van der Waals surface area (Å²) in [6, 6.07) is 18.9. The third-order valence-electron chi connectivity index (χ3n) is 10.9. The monoisotopic (exact) mass is 699 g/mol. The number of hydrogen-bond acceptors (Lipinski definition) is 7. The van der Waals surface area contributed by atoms with E-state index < -0.39 is 23.0 Å². The molecule has 0 spiro atoms. The SMILES string of the molecule is CC(=O)Oc1cc2c(c3ccccc13)[C@H](CCl)CN2C(=O)C12CCC(C(=O)N3C[C@@H](CCl)c4c3cc(OC(C)=O)c3ccccc43)(CC1)N2. The smallest absolute Gasteiger partial charge is 0.308 e. The first kappa shape index (κ1) is 32.0. The Balaban J connectivity index is 1.14. The Hall–Kier alpha value is -4.18. The van der Waals surface area contributed by atoms with Crippen molar-refractivity contribution in [2.45, 2.75) is 62.4 Å².